The predicted octanol–water partition coefficient (Wildman–Crippen LogP) is 21.1. The van der Waals surface area contributed by atoms with E-state index in [4.69, 9.17) is 9.05 Å². The fraction of sp³-hybridized carbons (Fsp3) is 0.925. The second-order valence-corrected chi connectivity index (χ2v) is 26.0. The van der Waals surface area contributed by atoms with Crippen LogP contribution < -0.4 is 5.32 Å². The third-order valence-electron chi connectivity index (χ3n) is 15.7. The van der Waals surface area contributed by atoms with E-state index in [9.17, 15) is 19.4 Å². The maximum Gasteiger partial charge on any atom is 0.472 e. The van der Waals surface area contributed by atoms with Crippen molar-refractivity contribution in [1.29, 1.82) is 0 Å². The molecule has 0 rings (SSSR count). The number of hydrogen-bond acceptors (Lipinski definition) is 5. The molecule has 8 nitrogen and oxygen atoms in total. The van der Waals surface area contributed by atoms with Gasteiger partial charge < -0.3 is 19.8 Å². The third kappa shape index (κ3) is 60.6. The van der Waals surface area contributed by atoms with Crippen LogP contribution in [0.5, 0.6) is 0 Å². The number of quaternary nitrogens is 1. The van der Waals surface area contributed by atoms with Crippen molar-refractivity contribution in [3.63, 3.8) is 0 Å². The number of aliphatic hydroxyl groups is 1. The summed E-state index contributed by atoms with van der Waals surface area (Å²) >= 11 is 0. The van der Waals surface area contributed by atoms with Crippen molar-refractivity contribution in [3.8, 4) is 0 Å². The molecule has 452 valence electrons. The lowest BCUT2D eigenvalue weighted by Crippen LogP contribution is -2.45. The van der Waals surface area contributed by atoms with Gasteiger partial charge in [0.2, 0.25) is 5.91 Å². The Labute approximate surface area is 474 Å². The molecule has 0 spiro atoms. The molecule has 0 bridgehead atoms. The molecule has 0 heterocycles. The van der Waals surface area contributed by atoms with E-state index in [2.05, 4.69) is 31.3 Å². The number of phosphoric acid groups is 1. The largest absolute Gasteiger partial charge is 0.472 e. The molecule has 0 aliphatic carbocycles. The quantitative estimate of drug-likeness (QED) is 0.0243. The molecule has 0 aromatic rings. The van der Waals surface area contributed by atoms with Crippen LogP contribution in [0.3, 0.4) is 0 Å². The lowest BCUT2D eigenvalue weighted by Gasteiger charge is -2.25. The van der Waals surface area contributed by atoms with Crippen LogP contribution in [0.15, 0.2) is 24.3 Å². The standard InChI is InChI=1S/C67H133N2O6P/c1-6-8-10-12-14-16-18-20-22-24-26-28-30-32-33-34-35-36-37-39-41-43-45-47-49-51-53-55-57-59-61-67(71)68-65(64-75-76(72,73)74-63-62-69(3,4)5)66(70)60-58-56-54-52-50-48-46-44-42-40-38-31-29-27-25-23-21-19-17-15-13-11-9-7-2/h32-33,58,60,65-66,70H,6-31,34-57,59,61-64H2,1-5H3,(H-,68,71,72,73)/p+1/b33-32-,60-58+. The summed E-state index contributed by atoms with van der Waals surface area (Å²) in [6.45, 7) is 4.88. The van der Waals surface area contributed by atoms with Crippen molar-refractivity contribution in [2.24, 2.45) is 0 Å². The Kier molecular flexibility index (Phi) is 57.8. The molecule has 0 aliphatic rings. The zero-order valence-electron chi connectivity index (χ0n) is 51.8. The highest BCUT2D eigenvalue weighted by Crippen LogP contribution is 2.43. The van der Waals surface area contributed by atoms with E-state index in [1.807, 2.05) is 27.2 Å². The molecule has 9 heteroatoms. The number of phosphoric ester groups is 1. The zero-order chi connectivity index (χ0) is 55.6. The van der Waals surface area contributed by atoms with E-state index in [0.717, 1.165) is 32.1 Å². The molecule has 3 N–H and O–H groups in total. The van der Waals surface area contributed by atoms with Crippen molar-refractivity contribution in [2.75, 3.05) is 40.9 Å². The highest BCUT2D eigenvalue weighted by molar-refractivity contribution is 7.47. The summed E-state index contributed by atoms with van der Waals surface area (Å²) in [5, 5.41) is 14.0. The molecule has 0 radical (unpaired) electrons. The summed E-state index contributed by atoms with van der Waals surface area (Å²) in [5.74, 6) is -0.170. The smallest absolute Gasteiger partial charge is 0.387 e. The first-order chi connectivity index (χ1) is 37.0. The van der Waals surface area contributed by atoms with Crippen LogP contribution in [0.2, 0.25) is 0 Å². The van der Waals surface area contributed by atoms with Gasteiger partial charge >= 0.3 is 7.82 Å². The van der Waals surface area contributed by atoms with Crippen molar-refractivity contribution < 1.29 is 32.9 Å². The van der Waals surface area contributed by atoms with Crippen LogP contribution in [0, 0.1) is 0 Å². The summed E-state index contributed by atoms with van der Waals surface area (Å²) in [4.78, 5) is 23.4. The lowest BCUT2D eigenvalue weighted by molar-refractivity contribution is -0.870. The Bertz CT molecular complexity index is 1290. The SMILES string of the molecule is CCCCCCCCCCCCCC/C=C\CCCCCCCCCCCCCCCCC(=O)NC(COP(=O)(O)OCC[N+](C)(C)C)C(O)/C=C/CCCCCCCCCCCCCCCCCCCCCCCC. The highest BCUT2D eigenvalue weighted by atomic mass is 31.2. The molecule has 0 saturated carbocycles. The number of amides is 1. The molecule has 1 amide bonds. The molecule has 0 aromatic heterocycles. The van der Waals surface area contributed by atoms with E-state index in [-0.39, 0.29) is 19.1 Å². The summed E-state index contributed by atoms with van der Waals surface area (Å²) in [6, 6.07) is -0.846. The Morgan fingerprint density at radius 2 is 0.711 bits per heavy atom. The fourth-order valence-corrected chi connectivity index (χ4v) is 11.1. The first-order valence-corrected chi connectivity index (χ1v) is 35.2. The average molecular weight is 1090 g/mol. The Morgan fingerprint density at radius 1 is 0.434 bits per heavy atom. The number of nitrogens with one attached hydrogen (secondary N) is 1. The van der Waals surface area contributed by atoms with Crippen LogP contribution in [-0.2, 0) is 18.4 Å². The number of nitrogens with zero attached hydrogens (tertiary/aromatic N) is 1. The van der Waals surface area contributed by atoms with E-state index in [1.165, 1.54) is 295 Å². The number of likely N-dealkylation sites (N-methyl/N-ethyl adjacent to an activating group) is 1. The van der Waals surface area contributed by atoms with Gasteiger partial charge in [-0.1, -0.05) is 321 Å². The lowest BCUT2D eigenvalue weighted by atomic mass is 10.0. The second kappa shape index (κ2) is 58.6. The summed E-state index contributed by atoms with van der Waals surface area (Å²) in [7, 11) is 1.59. The first kappa shape index (κ1) is 75.0. The first-order valence-electron chi connectivity index (χ1n) is 33.7. The predicted molar refractivity (Wildman–Crippen MR) is 332 cm³/mol. The van der Waals surface area contributed by atoms with Gasteiger partial charge in [-0.05, 0) is 44.9 Å². The average Bonchev–Trinajstić information content (AvgIpc) is 3.38. The summed E-state index contributed by atoms with van der Waals surface area (Å²) in [6.07, 6.45) is 76.0. The number of rotatable bonds is 63. The maximum atomic E-state index is 13.0. The van der Waals surface area contributed by atoms with Crippen molar-refractivity contribution in [3.05, 3.63) is 24.3 Å². The van der Waals surface area contributed by atoms with E-state index in [1.54, 1.807) is 6.08 Å². The van der Waals surface area contributed by atoms with Crippen molar-refractivity contribution in [2.45, 2.75) is 360 Å². The molecule has 3 unspecified atom stereocenters. The van der Waals surface area contributed by atoms with Crippen LogP contribution in [0.4, 0.5) is 0 Å². The minimum atomic E-state index is -4.35. The summed E-state index contributed by atoms with van der Waals surface area (Å²) < 4.78 is 23.8. The molecular weight excluding hydrogens is 960 g/mol. The normalized spacial score (nSPS) is 13.8. The number of unbranched alkanes of at least 4 members (excludes halogenated alkanes) is 48. The van der Waals surface area contributed by atoms with Crippen LogP contribution >= 0.6 is 7.82 Å². The Morgan fingerprint density at radius 3 is 1.01 bits per heavy atom. The van der Waals surface area contributed by atoms with Gasteiger partial charge in [0.05, 0.1) is 39.9 Å². The van der Waals surface area contributed by atoms with Gasteiger partial charge in [-0.25, -0.2) is 4.57 Å². The van der Waals surface area contributed by atoms with Gasteiger partial charge in [0.1, 0.15) is 13.2 Å². The minimum Gasteiger partial charge on any atom is -0.387 e. The molecular formula is C67H134N2O6P+. The van der Waals surface area contributed by atoms with Gasteiger partial charge in [0, 0.05) is 6.42 Å². The van der Waals surface area contributed by atoms with E-state index < -0.39 is 20.0 Å². The van der Waals surface area contributed by atoms with Gasteiger partial charge in [-0.2, -0.15) is 0 Å². The molecule has 0 fully saturated rings. The van der Waals surface area contributed by atoms with Crippen LogP contribution in [0.25, 0.3) is 0 Å². The Hall–Kier alpha value is -1.02. The maximum absolute atomic E-state index is 13.0. The van der Waals surface area contributed by atoms with E-state index in [0.29, 0.717) is 17.4 Å². The summed E-state index contributed by atoms with van der Waals surface area (Å²) in [5.41, 5.74) is 0. The van der Waals surface area contributed by atoms with Crippen molar-refractivity contribution in [1.82, 2.24) is 5.32 Å². The highest BCUT2D eigenvalue weighted by Gasteiger charge is 2.28. The van der Waals surface area contributed by atoms with E-state index >= 15 is 0 Å². The number of aliphatic hydroxyl groups excluding tert-OH is 1. The van der Waals surface area contributed by atoms with Crippen LogP contribution in [-0.4, -0.2) is 73.4 Å². The molecule has 0 aromatic carbocycles. The third-order valence-corrected chi connectivity index (χ3v) is 16.6. The number of carbonyl (C=O) groups excluding carboxylic acids is 1. The van der Waals surface area contributed by atoms with Gasteiger partial charge in [-0.3, -0.25) is 13.8 Å². The van der Waals surface area contributed by atoms with Gasteiger partial charge in [0.15, 0.2) is 0 Å². The topological polar surface area (TPSA) is 105 Å². The molecule has 0 saturated heterocycles. The number of carbonyl (C=O) groups is 1. The zero-order valence-corrected chi connectivity index (χ0v) is 52.7. The second-order valence-electron chi connectivity index (χ2n) is 24.6. The van der Waals surface area contributed by atoms with Gasteiger partial charge in [-0.15, -0.1) is 0 Å². The molecule has 76 heavy (non-hydrogen) atoms. The van der Waals surface area contributed by atoms with Crippen LogP contribution in [0.1, 0.15) is 348 Å². The Balaban J connectivity index is 4.07. The minimum absolute atomic E-state index is 0.0639. The van der Waals surface area contributed by atoms with Gasteiger partial charge in [0.25, 0.3) is 0 Å². The number of hydrogen-bond donors (Lipinski definition) is 3. The monoisotopic (exact) mass is 1090 g/mol. The van der Waals surface area contributed by atoms with Crippen molar-refractivity contribution >= 4 is 13.7 Å². The fourth-order valence-electron chi connectivity index (χ4n) is 10.4. The molecule has 0 aliphatic heterocycles. The molecule has 3 atom stereocenters. The number of allylic oxidation sites excluding steroid dienone is 3.